The number of carbonyl (C=O) groups is 1. The smallest absolute Gasteiger partial charge is 0.223 e. The first-order chi connectivity index (χ1) is 14.8. The van der Waals surface area contributed by atoms with Gasteiger partial charge in [0.05, 0.1) is 10.9 Å². The van der Waals surface area contributed by atoms with E-state index in [1.807, 2.05) is 29.2 Å². The number of benzene rings is 3. The average molecular weight is 438 g/mol. The van der Waals surface area contributed by atoms with Crippen LogP contribution in [0.5, 0.6) is 0 Å². The normalized spacial score (nSPS) is 16.1. The van der Waals surface area contributed by atoms with Crippen molar-refractivity contribution in [1.29, 1.82) is 0 Å². The fraction of sp³-hybridized carbons (Fsp3) is 0.240. The summed E-state index contributed by atoms with van der Waals surface area (Å²) in [5.74, 6) is -0.324. The lowest BCUT2D eigenvalue weighted by Crippen LogP contribution is -2.40. The van der Waals surface area contributed by atoms with Crippen LogP contribution in [0.4, 0.5) is 4.39 Å². The first-order valence-corrected chi connectivity index (χ1v) is 12.1. The summed E-state index contributed by atoms with van der Waals surface area (Å²) < 4.78 is 37.2. The third kappa shape index (κ3) is 4.69. The second-order valence-corrected chi connectivity index (χ2v) is 9.93. The highest BCUT2D eigenvalue weighted by molar-refractivity contribution is 7.90. The van der Waals surface area contributed by atoms with E-state index in [0.717, 1.165) is 23.1 Å². The van der Waals surface area contributed by atoms with Gasteiger partial charge >= 0.3 is 0 Å². The number of halogens is 1. The summed E-state index contributed by atoms with van der Waals surface area (Å²) in [7, 11) is -3.24. The molecule has 6 heteroatoms. The topological polar surface area (TPSA) is 54.5 Å². The van der Waals surface area contributed by atoms with Crippen molar-refractivity contribution in [3.8, 4) is 0 Å². The van der Waals surface area contributed by atoms with Gasteiger partial charge in [-0.2, -0.15) is 0 Å². The van der Waals surface area contributed by atoms with E-state index in [0.29, 0.717) is 19.4 Å². The number of aryl methyl sites for hydroxylation is 1. The number of hydrogen-bond donors (Lipinski definition) is 0. The number of amides is 1. The SMILES string of the molecule is CS(=O)(=O)c1ccc(CCC(=O)N2CCc3ccccc3C2c2cccc(F)c2)cc1. The van der Waals surface area contributed by atoms with Crippen LogP contribution in [-0.2, 0) is 27.5 Å². The van der Waals surface area contributed by atoms with E-state index in [9.17, 15) is 17.6 Å². The minimum absolute atomic E-state index is 0.00375. The van der Waals surface area contributed by atoms with Gasteiger partial charge in [0.25, 0.3) is 0 Å². The Labute approximate surface area is 182 Å². The summed E-state index contributed by atoms with van der Waals surface area (Å²) in [4.78, 5) is 15.3. The van der Waals surface area contributed by atoms with E-state index in [1.165, 1.54) is 24.0 Å². The van der Waals surface area contributed by atoms with E-state index in [1.54, 1.807) is 30.3 Å². The van der Waals surface area contributed by atoms with Crippen molar-refractivity contribution in [3.05, 3.63) is 101 Å². The van der Waals surface area contributed by atoms with Crippen LogP contribution in [0, 0.1) is 5.82 Å². The standard InChI is InChI=1S/C25H24FNO3S/c1-31(29,30)22-12-9-18(10-13-22)11-14-24(28)27-16-15-19-5-2-3-8-23(19)25(27)20-6-4-7-21(26)17-20/h2-10,12-13,17,25H,11,14-16H2,1H3. The quantitative estimate of drug-likeness (QED) is 0.597. The van der Waals surface area contributed by atoms with E-state index in [-0.39, 0.29) is 22.7 Å². The largest absolute Gasteiger partial charge is 0.331 e. The molecule has 0 bridgehead atoms. The van der Waals surface area contributed by atoms with Gasteiger partial charge in [0.15, 0.2) is 9.84 Å². The summed E-state index contributed by atoms with van der Waals surface area (Å²) in [6, 6.07) is 20.8. The van der Waals surface area contributed by atoms with Gasteiger partial charge in [0.2, 0.25) is 5.91 Å². The highest BCUT2D eigenvalue weighted by Crippen LogP contribution is 2.35. The van der Waals surface area contributed by atoms with Crippen molar-refractivity contribution in [2.75, 3.05) is 12.8 Å². The molecular weight excluding hydrogens is 413 g/mol. The molecule has 31 heavy (non-hydrogen) atoms. The molecular formula is C25H24FNO3S. The lowest BCUT2D eigenvalue weighted by atomic mass is 9.88. The second-order valence-electron chi connectivity index (χ2n) is 7.91. The van der Waals surface area contributed by atoms with Gasteiger partial charge in [-0.15, -0.1) is 0 Å². The molecule has 0 N–H and O–H groups in total. The third-order valence-electron chi connectivity index (χ3n) is 5.75. The molecule has 3 aromatic carbocycles. The van der Waals surface area contributed by atoms with E-state index < -0.39 is 9.84 Å². The minimum atomic E-state index is -3.24. The molecule has 0 fully saturated rings. The summed E-state index contributed by atoms with van der Waals surface area (Å²) in [6.07, 6.45) is 2.74. The van der Waals surface area contributed by atoms with Crippen LogP contribution in [-0.4, -0.2) is 32.0 Å². The third-order valence-corrected chi connectivity index (χ3v) is 6.88. The number of rotatable bonds is 5. The molecule has 4 nitrogen and oxygen atoms in total. The van der Waals surface area contributed by atoms with Crippen molar-refractivity contribution in [2.24, 2.45) is 0 Å². The van der Waals surface area contributed by atoms with Crippen molar-refractivity contribution in [2.45, 2.75) is 30.2 Å². The fourth-order valence-electron chi connectivity index (χ4n) is 4.17. The molecule has 0 saturated heterocycles. The molecule has 0 radical (unpaired) electrons. The Bertz CT molecular complexity index is 1210. The molecule has 0 spiro atoms. The number of nitrogens with zero attached hydrogens (tertiary/aromatic N) is 1. The molecule has 1 amide bonds. The first kappa shape index (κ1) is 21.2. The Hall–Kier alpha value is -2.99. The summed E-state index contributed by atoms with van der Waals surface area (Å²) >= 11 is 0. The highest BCUT2D eigenvalue weighted by atomic mass is 32.2. The number of carbonyl (C=O) groups excluding carboxylic acids is 1. The minimum Gasteiger partial charge on any atom is -0.331 e. The highest BCUT2D eigenvalue weighted by Gasteiger charge is 2.31. The first-order valence-electron chi connectivity index (χ1n) is 10.2. The van der Waals surface area contributed by atoms with E-state index >= 15 is 0 Å². The molecule has 0 aliphatic carbocycles. The number of hydrogen-bond acceptors (Lipinski definition) is 3. The molecule has 160 valence electrons. The predicted molar refractivity (Wildman–Crippen MR) is 118 cm³/mol. The number of fused-ring (bicyclic) bond motifs is 1. The summed E-state index contributed by atoms with van der Waals surface area (Å²) in [5, 5.41) is 0. The maximum atomic E-state index is 14.0. The molecule has 1 heterocycles. The zero-order valence-electron chi connectivity index (χ0n) is 17.3. The van der Waals surface area contributed by atoms with Crippen LogP contribution >= 0.6 is 0 Å². The molecule has 0 aromatic heterocycles. The Kier molecular flexibility index (Phi) is 5.92. The maximum absolute atomic E-state index is 14.0. The van der Waals surface area contributed by atoms with Gasteiger partial charge < -0.3 is 4.90 Å². The molecule has 4 rings (SSSR count). The Morgan fingerprint density at radius 2 is 1.77 bits per heavy atom. The van der Waals surface area contributed by atoms with Gasteiger partial charge in [0, 0.05) is 19.2 Å². The fourth-order valence-corrected chi connectivity index (χ4v) is 4.80. The van der Waals surface area contributed by atoms with Gasteiger partial charge in [-0.3, -0.25) is 4.79 Å². The van der Waals surface area contributed by atoms with Crippen molar-refractivity contribution >= 4 is 15.7 Å². The van der Waals surface area contributed by atoms with Gasteiger partial charge in [0.1, 0.15) is 5.82 Å². The van der Waals surface area contributed by atoms with Crippen molar-refractivity contribution < 1.29 is 17.6 Å². The monoisotopic (exact) mass is 437 g/mol. The molecule has 1 unspecified atom stereocenters. The van der Waals surface area contributed by atoms with Crippen molar-refractivity contribution in [1.82, 2.24) is 4.90 Å². The van der Waals surface area contributed by atoms with Crippen LogP contribution in [0.3, 0.4) is 0 Å². The lowest BCUT2D eigenvalue weighted by molar-refractivity contribution is -0.133. The molecule has 1 aliphatic heterocycles. The second kappa shape index (κ2) is 8.63. The van der Waals surface area contributed by atoms with E-state index in [4.69, 9.17) is 0 Å². The molecule has 1 atom stereocenters. The summed E-state index contributed by atoms with van der Waals surface area (Å²) in [5.41, 5.74) is 3.88. The molecule has 1 aliphatic rings. The predicted octanol–water partition coefficient (Wildman–Crippen LogP) is 4.34. The average Bonchev–Trinajstić information content (AvgIpc) is 2.76. The van der Waals surface area contributed by atoms with Crippen molar-refractivity contribution in [3.63, 3.8) is 0 Å². The van der Waals surface area contributed by atoms with Crippen LogP contribution in [0.25, 0.3) is 0 Å². The zero-order chi connectivity index (χ0) is 22.0. The van der Waals surface area contributed by atoms with Crippen LogP contribution in [0.15, 0.2) is 77.7 Å². The van der Waals surface area contributed by atoms with E-state index in [2.05, 4.69) is 6.07 Å². The Balaban J connectivity index is 1.56. The van der Waals surface area contributed by atoms with Crippen LogP contribution in [0.2, 0.25) is 0 Å². The summed E-state index contributed by atoms with van der Waals surface area (Å²) in [6.45, 7) is 0.573. The molecule has 0 saturated carbocycles. The zero-order valence-corrected chi connectivity index (χ0v) is 18.1. The van der Waals surface area contributed by atoms with Gasteiger partial charge in [-0.25, -0.2) is 12.8 Å². The van der Waals surface area contributed by atoms with Gasteiger partial charge in [-0.05, 0) is 59.4 Å². The maximum Gasteiger partial charge on any atom is 0.223 e. The Morgan fingerprint density at radius 3 is 2.48 bits per heavy atom. The number of sulfone groups is 1. The Morgan fingerprint density at radius 1 is 1.03 bits per heavy atom. The van der Waals surface area contributed by atoms with Crippen LogP contribution in [0.1, 0.15) is 34.7 Å². The molecule has 3 aromatic rings. The van der Waals surface area contributed by atoms with Crippen LogP contribution < -0.4 is 0 Å². The lowest BCUT2D eigenvalue weighted by Gasteiger charge is -2.38. The van der Waals surface area contributed by atoms with Gasteiger partial charge in [-0.1, -0.05) is 48.5 Å².